The van der Waals surface area contributed by atoms with Crippen LogP contribution in [0.25, 0.3) is 0 Å². The number of aliphatic hydroxyl groups excluding tert-OH is 1. The highest BCUT2D eigenvalue weighted by Gasteiger charge is 2.22. The number of carbonyl (C=O) groups excluding carboxylic acids is 2. The molecule has 0 saturated heterocycles. The second kappa shape index (κ2) is 8.11. The number of nitrogens with one attached hydrogen (secondary N) is 2. The van der Waals surface area contributed by atoms with E-state index in [0.717, 1.165) is 19.3 Å². The van der Waals surface area contributed by atoms with Crippen molar-refractivity contribution in [2.75, 3.05) is 11.9 Å². The zero-order valence-electron chi connectivity index (χ0n) is 13.8. The van der Waals surface area contributed by atoms with Crippen molar-refractivity contribution in [2.45, 2.75) is 51.6 Å². The Labute approximate surface area is 137 Å². The molecule has 2 rings (SSSR count). The van der Waals surface area contributed by atoms with Gasteiger partial charge in [-0.3, -0.25) is 9.59 Å². The third kappa shape index (κ3) is 5.36. The van der Waals surface area contributed by atoms with Gasteiger partial charge < -0.3 is 15.7 Å². The molecule has 0 heterocycles. The number of anilines is 1. The van der Waals surface area contributed by atoms with Gasteiger partial charge in [-0.05, 0) is 48.8 Å². The van der Waals surface area contributed by atoms with Gasteiger partial charge in [-0.25, -0.2) is 0 Å². The lowest BCUT2D eigenvalue weighted by molar-refractivity contribution is -0.136. The Morgan fingerprint density at radius 1 is 1.17 bits per heavy atom. The number of benzene rings is 1. The number of hydrogen-bond acceptors (Lipinski definition) is 3. The largest absolute Gasteiger partial charge is 0.393 e. The Morgan fingerprint density at radius 3 is 2.48 bits per heavy atom. The van der Waals surface area contributed by atoms with Gasteiger partial charge in [0.1, 0.15) is 0 Å². The Balaban J connectivity index is 1.79. The molecule has 2 unspecified atom stereocenters. The van der Waals surface area contributed by atoms with E-state index in [4.69, 9.17) is 0 Å². The first-order valence-electron chi connectivity index (χ1n) is 8.33. The fourth-order valence-electron chi connectivity index (χ4n) is 2.90. The van der Waals surface area contributed by atoms with E-state index >= 15 is 0 Å². The molecule has 126 valence electrons. The lowest BCUT2D eigenvalue weighted by Crippen LogP contribution is -2.39. The predicted molar refractivity (Wildman–Crippen MR) is 90.1 cm³/mol. The van der Waals surface area contributed by atoms with Gasteiger partial charge in [0.2, 0.25) is 0 Å². The van der Waals surface area contributed by atoms with Gasteiger partial charge in [0.05, 0.1) is 6.10 Å². The number of rotatable bonds is 4. The van der Waals surface area contributed by atoms with E-state index in [1.165, 1.54) is 5.56 Å². The van der Waals surface area contributed by atoms with Crippen molar-refractivity contribution in [3.63, 3.8) is 0 Å². The number of aliphatic hydroxyl groups is 1. The highest BCUT2D eigenvalue weighted by molar-refractivity contribution is 6.39. The Morgan fingerprint density at radius 2 is 1.87 bits per heavy atom. The van der Waals surface area contributed by atoms with E-state index in [1.807, 2.05) is 12.1 Å². The molecule has 1 aromatic rings. The summed E-state index contributed by atoms with van der Waals surface area (Å²) >= 11 is 0. The maximum Gasteiger partial charge on any atom is 0.313 e. The van der Waals surface area contributed by atoms with Crippen LogP contribution >= 0.6 is 0 Å². The zero-order valence-corrected chi connectivity index (χ0v) is 13.8. The Hall–Kier alpha value is -1.88. The molecule has 5 heteroatoms. The van der Waals surface area contributed by atoms with Crippen LogP contribution in [0.3, 0.4) is 0 Å². The molecule has 1 aliphatic carbocycles. The van der Waals surface area contributed by atoms with Gasteiger partial charge in [0.25, 0.3) is 0 Å². The zero-order chi connectivity index (χ0) is 16.8. The number of hydrogen-bond donors (Lipinski definition) is 3. The highest BCUT2D eigenvalue weighted by atomic mass is 16.3. The normalized spacial score (nSPS) is 21.0. The summed E-state index contributed by atoms with van der Waals surface area (Å²) in [7, 11) is 0. The topological polar surface area (TPSA) is 78.4 Å². The molecule has 23 heavy (non-hydrogen) atoms. The van der Waals surface area contributed by atoms with E-state index in [0.29, 0.717) is 24.6 Å². The summed E-state index contributed by atoms with van der Waals surface area (Å²) in [6.07, 6.45) is 3.20. The third-order valence-electron chi connectivity index (χ3n) is 4.35. The molecule has 0 radical (unpaired) electrons. The van der Waals surface area contributed by atoms with Crippen molar-refractivity contribution in [2.24, 2.45) is 5.92 Å². The van der Waals surface area contributed by atoms with Crippen LogP contribution in [0.4, 0.5) is 5.69 Å². The molecular formula is C18H26N2O3. The van der Waals surface area contributed by atoms with Gasteiger partial charge in [-0.2, -0.15) is 0 Å². The van der Waals surface area contributed by atoms with E-state index in [1.54, 1.807) is 12.1 Å². The average molecular weight is 318 g/mol. The first kappa shape index (κ1) is 17.5. The van der Waals surface area contributed by atoms with Crippen LogP contribution in [-0.2, 0) is 9.59 Å². The van der Waals surface area contributed by atoms with Crippen LogP contribution < -0.4 is 10.6 Å². The summed E-state index contributed by atoms with van der Waals surface area (Å²) in [4.78, 5) is 23.8. The molecule has 1 aliphatic rings. The molecule has 1 saturated carbocycles. The summed E-state index contributed by atoms with van der Waals surface area (Å²) in [6.45, 7) is 4.64. The lowest BCUT2D eigenvalue weighted by atomic mass is 9.87. The standard InChI is InChI=1S/C18H26N2O3/c1-12(2)14-6-8-15(9-7-14)20-18(23)17(22)19-11-13-4-3-5-16(21)10-13/h6-9,12-13,16,21H,3-5,10-11H2,1-2H3,(H,19,22)(H,20,23). The molecule has 5 nitrogen and oxygen atoms in total. The molecule has 0 aliphatic heterocycles. The Kier molecular flexibility index (Phi) is 6.16. The average Bonchev–Trinajstić information content (AvgIpc) is 2.53. The van der Waals surface area contributed by atoms with E-state index in [-0.39, 0.29) is 12.0 Å². The molecule has 2 atom stereocenters. The van der Waals surface area contributed by atoms with Crippen LogP contribution in [0.5, 0.6) is 0 Å². The molecular weight excluding hydrogens is 292 g/mol. The molecule has 0 aromatic heterocycles. The predicted octanol–water partition coefficient (Wildman–Crippen LogP) is 2.42. The summed E-state index contributed by atoms with van der Waals surface area (Å²) in [5, 5.41) is 14.9. The quantitative estimate of drug-likeness (QED) is 0.746. The van der Waals surface area contributed by atoms with E-state index in [2.05, 4.69) is 24.5 Å². The SMILES string of the molecule is CC(C)c1ccc(NC(=O)C(=O)NCC2CCCC(O)C2)cc1. The molecule has 0 spiro atoms. The maximum atomic E-state index is 11.9. The van der Waals surface area contributed by atoms with Crippen molar-refractivity contribution in [1.82, 2.24) is 5.32 Å². The minimum Gasteiger partial charge on any atom is -0.393 e. The monoisotopic (exact) mass is 318 g/mol. The molecule has 0 bridgehead atoms. The first-order valence-corrected chi connectivity index (χ1v) is 8.33. The van der Waals surface area contributed by atoms with Crippen molar-refractivity contribution in [3.8, 4) is 0 Å². The van der Waals surface area contributed by atoms with E-state index in [9.17, 15) is 14.7 Å². The van der Waals surface area contributed by atoms with Gasteiger partial charge in [0, 0.05) is 12.2 Å². The summed E-state index contributed by atoms with van der Waals surface area (Å²) in [6, 6.07) is 7.50. The smallest absolute Gasteiger partial charge is 0.313 e. The summed E-state index contributed by atoms with van der Waals surface area (Å²) in [5.74, 6) is -0.605. The Bertz CT molecular complexity index is 540. The van der Waals surface area contributed by atoms with Gasteiger partial charge in [-0.1, -0.05) is 32.4 Å². The molecule has 2 amide bonds. The van der Waals surface area contributed by atoms with Crippen molar-refractivity contribution >= 4 is 17.5 Å². The van der Waals surface area contributed by atoms with Gasteiger partial charge >= 0.3 is 11.8 Å². The first-order chi connectivity index (χ1) is 11.0. The summed E-state index contributed by atoms with van der Waals surface area (Å²) < 4.78 is 0. The van der Waals surface area contributed by atoms with Gasteiger partial charge in [-0.15, -0.1) is 0 Å². The number of amides is 2. The third-order valence-corrected chi connectivity index (χ3v) is 4.35. The van der Waals surface area contributed by atoms with Crippen LogP contribution in [0, 0.1) is 5.92 Å². The van der Waals surface area contributed by atoms with Crippen LogP contribution in [0.2, 0.25) is 0 Å². The highest BCUT2D eigenvalue weighted by Crippen LogP contribution is 2.23. The molecule has 3 N–H and O–H groups in total. The fraction of sp³-hybridized carbons (Fsp3) is 0.556. The maximum absolute atomic E-state index is 11.9. The minimum absolute atomic E-state index is 0.251. The minimum atomic E-state index is -0.654. The van der Waals surface area contributed by atoms with Crippen LogP contribution in [0.15, 0.2) is 24.3 Å². The molecule has 1 fully saturated rings. The van der Waals surface area contributed by atoms with Crippen molar-refractivity contribution < 1.29 is 14.7 Å². The van der Waals surface area contributed by atoms with Crippen LogP contribution in [-0.4, -0.2) is 29.6 Å². The number of carbonyl (C=O) groups is 2. The molecule has 1 aromatic carbocycles. The van der Waals surface area contributed by atoms with Crippen LogP contribution in [0.1, 0.15) is 51.0 Å². The second-order valence-electron chi connectivity index (χ2n) is 6.63. The lowest BCUT2D eigenvalue weighted by Gasteiger charge is -2.25. The van der Waals surface area contributed by atoms with Crippen molar-refractivity contribution in [1.29, 1.82) is 0 Å². The van der Waals surface area contributed by atoms with Crippen molar-refractivity contribution in [3.05, 3.63) is 29.8 Å². The van der Waals surface area contributed by atoms with E-state index < -0.39 is 11.8 Å². The fourth-order valence-corrected chi connectivity index (χ4v) is 2.90. The second-order valence-corrected chi connectivity index (χ2v) is 6.63. The van der Waals surface area contributed by atoms with Gasteiger partial charge in [0.15, 0.2) is 0 Å². The summed E-state index contributed by atoms with van der Waals surface area (Å²) in [5.41, 5.74) is 1.80.